The van der Waals surface area contributed by atoms with Gasteiger partial charge < -0.3 is 19.9 Å². The summed E-state index contributed by atoms with van der Waals surface area (Å²) in [6.07, 6.45) is 2.45. The highest BCUT2D eigenvalue weighted by atomic mass is 16.5. The highest BCUT2D eigenvalue weighted by Crippen LogP contribution is 2.44. The highest BCUT2D eigenvalue weighted by Gasteiger charge is 2.40. The molecule has 0 saturated carbocycles. The van der Waals surface area contributed by atoms with Gasteiger partial charge in [0.25, 0.3) is 0 Å². The Bertz CT molecular complexity index is 978. The minimum Gasteiger partial charge on any atom is -0.378 e. The van der Waals surface area contributed by atoms with Crippen LogP contribution in [0.4, 0.5) is 17.2 Å². The lowest BCUT2D eigenvalue weighted by atomic mass is 9.80. The average Bonchev–Trinajstić information content (AvgIpc) is 2.81. The molecule has 1 saturated heterocycles. The molecule has 1 aromatic carbocycles. The molecule has 0 radical (unpaired) electrons. The number of aromatic nitrogens is 1. The van der Waals surface area contributed by atoms with Crippen LogP contribution in [0.3, 0.4) is 0 Å². The first-order valence-corrected chi connectivity index (χ1v) is 10.9. The van der Waals surface area contributed by atoms with Gasteiger partial charge in [0.2, 0.25) is 5.91 Å². The normalized spacial score (nSPS) is 23.1. The Morgan fingerprint density at radius 1 is 1.29 bits per heavy atom. The van der Waals surface area contributed by atoms with E-state index in [-0.39, 0.29) is 23.9 Å². The lowest BCUT2D eigenvalue weighted by molar-refractivity contribution is -0.117. The van der Waals surface area contributed by atoms with Crippen LogP contribution in [0.15, 0.2) is 36.5 Å². The van der Waals surface area contributed by atoms with Crippen molar-refractivity contribution in [3.63, 3.8) is 0 Å². The van der Waals surface area contributed by atoms with Gasteiger partial charge in [-0.25, -0.2) is 4.98 Å². The molecule has 2 aliphatic rings. The number of rotatable bonds is 4. The number of nitrogens with one attached hydrogen (secondary N) is 1. The van der Waals surface area contributed by atoms with Crippen molar-refractivity contribution < 1.29 is 9.53 Å². The maximum Gasteiger partial charge on any atom is 0.224 e. The number of carbonyl (C=O) groups is 1. The van der Waals surface area contributed by atoms with Crippen LogP contribution < -0.4 is 15.1 Å². The smallest absolute Gasteiger partial charge is 0.224 e. The molecule has 162 valence electrons. The fourth-order valence-electron chi connectivity index (χ4n) is 4.82. The number of amides is 1. The third kappa shape index (κ3) is 4.08. The number of nitriles is 1. The molecule has 1 amide bonds. The van der Waals surface area contributed by atoms with E-state index in [9.17, 15) is 4.79 Å². The van der Waals surface area contributed by atoms with Crippen molar-refractivity contribution >= 4 is 23.1 Å². The lowest BCUT2D eigenvalue weighted by Gasteiger charge is -2.45. The SMILES string of the molecule is CC[C@H]1[C@H](C)C(Nc2ccc(C#N)cn2)c2cc(N3CCOCC3)ccc2N1C(C)=O. The molecule has 7 heteroatoms. The average molecular weight is 420 g/mol. The summed E-state index contributed by atoms with van der Waals surface area (Å²) in [6.45, 7) is 9.13. The van der Waals surface area contributed by atoms with Crippen molar-refractivity contribution in [3.05, 3.63) is 47.7 Å². The maximum absolute atomic E-state index is 12.6. The van der Waals surface area contributed by atoms with Crippen molar-refractivity contribution in [2.24, 2.45) is 5.92 Å². The van der Waals surface area contributed by atoms with Gasteiger partial charge in [0.15, 0.2) is 0 Å². The predicted molar refractivity (Wildman–Crippen MR) is 121 cm³/mol. The van der Waals surface area contributed by atoms with Gasteiger partial charge in [-0.1, -0.05) is 13.8 Å². The number of carbonyl (C=O) groups excluding carboxylic acids is 1. The topological polar surface area (TPSA) is 81.5 Å². The van der Waals surface area contributed by atoms with Gasteiger partial charge in [-0.3, -0.25) is 4.79 Å². The number of anilines is 3. The largest absolute Gasteiger partial charge is 0.378 e. The van der Waals surface area contributed by atoms with E-state index in [1.54, 1.807) is 19.2 Å². The van der Waals surface area contributed by atoms with Crippen molar-refractivity contribution in [1.82, 2.24) is 4.98 Å². The Kier molecular flexibility index (Phi) is 6.10. The minimum absolute atomic E-state index is 0.00280. The van der Waals surface area contributed by atoms with Crippen molar-refractivity contribution in [2.45, 2.75) is 39.3 Å². The van der Waals surface area contributed by atoms with E-state index < -0.39 is 0 Å². The summed E-state index contributed by atoms with van der Waals surface area (Å²) >= 11 is 0. The zero-order valence-corrected chi connectivity index (χ0v) is 18.3. The molecule has 2 aromatic rings. The third-order valence-electron chi connectivity index (χ3n) is 6.40. The van der Waals surface area contributed by atoms with E-state index in [1.165, 1.54) is 0 Å². The van der Waals surface area contributed by atoms with E-state index in [1.807, 2.05) is 11.0 Å². The number of hydrogen-bond acceptors (Lipinski definition) is 6. The van der Waals surface area contributed by atoms with Crippen LogP contribution in [-0.2, 0) is 9.53 Å². The first kappa shape index (κ1) is 21.1. The highest BCUT2D eigenvalue weighted by molar-refractivity contribution is 5.94. The molecule has 0 aliphatic carbocycles. The molecule has 0 spiro atoms. The van der Waals surface area contributed by atoms with E-state index in [0.717, 1.165) is 55.5 Å². The van der Waals surface area contributed by atoms with Gasteiger partial charge >= 0.3 is 0 Å². The van der Waals surface area contributed by atoms with Gasteiger partial charge in [0.05, 0.1) is 24.8 Å². The Morgan fingerprint density at radius 3 is 2.68 bits per heavy atom. The Labute approximate surface area is 183 Å². The molecule has 1 N–H and O–H groups in total. The van der Waals surface area contributed by atoms with Crippen LogP contribution >= 0.6 is 0 Å². The van der Waals surface area contributed by atoms with Crippen molar-refractivity contribution in [3.8, 4) is 6.07 Å². The number of benzene rings is 1. The second-order valence-corrected chi connectivity index (χ2v) is 8.23. The minimum atomic E-state index is -0.00280. The molecule has 3 atom stereocenters. The van der Waals surface area contributed by atoms with Crippen LogP contribution in [0.5, 0.6) is 0 Å². The Hall–Kier alpha value is -3.11. The first-order chi connectivity index (χ1) is 15.0. The summed E-state index contributed by atoms with van der Waals surface area (Å²) in [5, 5.41) is 12.7. The van der Waals surface area contributed by atoms with Gasteiger partial charge in [-0.05, 0) is 36.8 Å². The van der Waals surface area contributed by atoms with Crippen LogP contribution in [-0.4, -0.2) is 43.2 Å². The van der Waals surface area contributed by atoms with E-state index >= 15 is 0 Å². The molecular weight excluding hydrogens is 390 g/mol. The molecule has 31 heavy (non-hydrogen) atoms. The molecule has 2 aliphatic heterocycles. The number of ether oxygens (including phenoxy) is 1. The first-order valence-electron chi connectivity index (χ1n) is 10.9. The van der Waals surface area contributed by atoms with Gasteiger partial charge in [0, 0.05) is 55.1 Å². The summed E-state index contributed by atoms with van der Waals surface area (Å²) in [5.74, 6) is 0.970. The summed E-state index contributed by atoms with van der Waals surface area (Å²) < 4.78 is 5.51. The standard InChI is InChI=1S/C24H29N5O2/c1-4-21-16(2)24(27-23-8-5-18(14-25)15-26-23)20-13-19(28-9-11-31-12-10-28)6-7-22(20)29(21)17(3)30/h5-8,13,15-16,21,24H,4,9-12H2,1-3H3,(H,26,27)/t16-,21-,24?/m0/s1. The molecule has 7 nitrogen and oxygen atoms in total. The number of nitrogens with zero attached hydrogens (tertiary/aromatic N) is 4. The monoisotopic (exact) mass is 419 g/mol. The number of morpholine rings is 1. The van der Waals surface area contributed by atoms with Crippen LogP contribution in [0.25, 0.3) is 0 Å². The third-order valence-corrected chi connectivity index (χ3v) is 6.40. The molecule has 1 aromatic heterocycles. The van der Waals surface area contributed by atoms with Crippen molar-refractivity contribution in [1.29, 1.82) is 5.26 Å². The van der Waals surface area contributed by atoms with E-state index in [4.69, 9.17) is 10.00 Å². The van der Waals surface area contributed by atoms with Gasteiger partial charge in [-0.2, -0.15) is 5.26 Å². The second-order valence-electron chi connectivity index (χ2n) is 8.23. The van der Waals surface area contributed by atoms with Crippen LogP contribution in [0.2, 0.25) is 0 Å². The number of hydrogen-bond donors (Lipinski definition) is 1. The summed E-state index contributed by atoms with van der Waals surface area (Å²) in [6, 6.07) is 12.2. The Morgan fingerprint density at radius 2 is 2.06 bits per heavy atom. The summed E-state index contributed by atoms with van der Waals surface area (Å²) in [4.78, 5) is 21.3. The quantitative estimate of drug-likeness (QED) is 0.813. The predicted octanol–water partition coefficient (Wildman–Crippen LogP) is 3.72. The number of fused-ring (bicyclic) bond motifs is 1. The summed E-state index contributed by atoms with van der Waals surface area (Å²) in [5.41, 5.74) is 3.74. The zero-order chi connectivity index (χ0) is 22.0. The summed E-state index contributed by atoms with van der Waals surface area (Å²) in [7, 11) is 0. The fraction of sp³-hybridized carbons (Fsp3) is 0.458. The molecule has 0 bridgehead atoms. The maximum atomic E-state index is 12.6. The second kappa shape index (κ2) is 8.94. The molecule has 3 heterocycles. The number of pyridine rings is 1. The fourth-order valence-corrected chi connectivity index (χ4v) is 4.82. The van der Waals surface area contributed by atoms with Crippen LogP contribution in [0.1, 0.15) is 44.4 Å². The Balaban J connectivity index is 1.76. The van der Waals surface area contributed by atoms with Crippen molar-refractivity contribution in [2.75, 3.05) is 41.4 Å². The zero-order valence-electron chi connectivity index (χ0n) is 18.3. The molecular formula is C24H29N5O2. The molecule has 4 rings (SSSR count). The molecule has 1 fully saturated rings. The molecule has 1 unspecified atom stereocenters. The van der Waals surface area contributed by atoms with Gasteiger partial charge in [-0.15, -0.1) is 0 Å². The van der Waals surface area contributed by atoms with Crippen LogP contribution in [0, 0.1) is 17.2 Å². The van der Waals surface area contributed by atoms with E-state index in [0.29, 0.717) is 5.56 Å². The lowest BCUT2D eigenvalue weighted by Crippen LogP contribution is -2.49. The van der Waals surface area contributed by atoms with Gasteiger partial charge in [0.1, 0.15) is 11.9 Å². The van der Waals surface area contributed by atoms with E-state index in [2.05, 4.69) is 53.3 Å².